The van der Waals surface area contributed by atoms with E-state index in [0.717, 1.165) is 10.5 Å². The number of benzene rings is 4. The third-order valence-corrected chi connectivity index (χ3v) is 6.64. The van der Waals surface area contributed by atoms with Crippen LogP contribution in [-0.4, -0.2) is 39.7 Å². The van der Waals surface area contributed by atoms with Crippen LogP contribution in [0, 0.1) is 0 Å². The first-order chi connectivity index (χ1) is 19.8. The van der Waals surface area contributed by atoms with Crippen molar-refractivity contribution in [3.8, 4) is 5.75 Å². The summed E-state index contributed by atoms with van der Waals surface area (Å²) in [5, 5.41) is 26.8. The maximum absolute atomic E-state index is 13.1. The molecule has 0 fully saturated rings. The first-order valence-corrected chi connectivity index (χ1v) is 13.3. The molecule has 0 radical (unpaired) electrons. The lowest BCUT2D eigenvalue weighted by molar-refractivity contribution is -0.114. The van der Waals surface area contributed by atoms with Crippen molar-refractivity contribution in [2.45, 2.75) is 4.90 Å². The number of nitrogens with one attached hydrogen (secondary N) is 3. The number of carbonyl (C=O) groups is 4. The largest absolute Gasteiger partial charge is 0.507 e. The molecule has 0 unspecified atom stereocenters. The number of aromatic hydroxyl groups is 1. The van der Waals surface area contributed by atoms with E-state index in [1.807, 2.05) is 30.3 Å². The van der Waals surface area contributed by atoms with Crippen molar-refractivity contribution < 1.29 is 29.4 Å². The number of amides is 3. The van der Waals surface area contributed by atoms with Gasteiger partial charge in [0.25, 0.3) is 11.8 Å². The van der Waals surface area contributed by atoms with Gasteiger partial charge >= 0.3 is 5.97 Å². The van der Waals surface area contributed by atoms with Gasteiger partial charge in [-0.2, -0.15) is 0 Å². The molecule has 5 N–H and O–H groups in total. The summed E-state index contributed by atoms with van der Waals surface area (Å²) in [5.74, 6) is -2.93. The Morgan fingerprint density at radius 2 is 1.39 bits per heavy atom. The lowest BCUT2D eigenvalue weighted by atomic mass is 10.1. The zero-order valence-electron chi connectivity index (χ0n) is 21.5. The van der Waals surface area contributed by atoms with Crippen LogP contribution in [0.1, 0.15) is 26.3 Å². The molecular weight excluding hydrogens is 542 g/mol. The van der Waals surface area contributed by atoms with E-state index in [-0.39, 0.29) is 28.6 Å². The van der Waals surface area contributed by atoms with Crippen LogP contribution in [0.15, 0.2) is 114 Å². The summed E-state index contributed by atoms with van der Waals surface area (Å²) in [5.41, 5.74) is 1.65. The minimum Gasteiger partial charge on any atom is -0.507 e. The number of thioether (sulfide) groups is 1. The van der Waals surface area contributed by atoms with Crippen molar-refractivity contribution >= 4 is 52.9 Å². The highest BCUT2D eigenvalue weighted by Gasteiger charge is 2.16. The van der Waals surface area contributed by atoms with Crippen molar-refractivity contribution in [3.05, 3.63) is 126 Å². The fourth-order valence-corrected chi connectivity index (χ4v) is 4.32. The summed E-state index contributed by atoms with van der Waals surface area (Å²) >= 11 is 1.24. The number of hydrogen-bond acceptors (Lipinski definition) is 6. The number of carboxylic acid groups (broad SMARTS) is 1. The number of aromatic carboxylic acids is 1. The number of carbonyl (C=O) groups excluding carboxylic acids is 3. The Bertz CT molecular complexity index is 1590. The molecule has 206 valence electrons. The van der Waals surface area contributed by atoms with Gasteiger partial charge in [-0.15, -0.1) is 11.8 Å². The van der Waals surface area contributed by atoms with E-state index in [2.05, 4.69) is 16.0 Å². The van der Waals surface area contributed by atoms with E-state index < -0.39 is 23.5 Å². The molecule has 0 aliphatic carbocycles. The molecule has 4 aromatic carbocycles. The highest BCUT2D eigenvalue weighted by atomic mass is 32.2. The summed E-state index contributed by atoms with van der Waals surface area (Å²) in [6, 6.07) is 28.3. The number of carboxylic acids is 1. The maximum Gasteiger partial charge on any atom is 0.339 e. The second-order valence-electron chi connectivity index (χ2n) is 8.64. The average Bonchev–Trinajstić information content (AvgIpc) is 2.98. The molecule has 0 aliphatic heterocycles. The second kappa shape index (κ2) is 13.6. The van der Waals surface area contributed by atoms with Crippen LogP contribution >= 0.6 is 11.8 Å². The monoisotopic (exact) mass is 567 g/mol. The zero-order chi connectivity index (χ0) is 29.2. The highest BCUT2D eigenvalue weighted by molar-refractivity contribution is 8.00. The van der Waals surface area contributed by atoms with Crippen LogP contribution < -0.4 is 16.0 Å². The Labute approximate surface area is 239 Å². The molecule has 41 heavy (non-hydrogen) atoms. The van der Waals surface area contributed by atoms with Gasteiger partial charge in [0.1, 0.15) is 17.0 Å². The number of phenols is 1. The van der Waals surface area contributed by atoms with Crippen LogP contribution in [0.2, 0.25) is 0 Å². The van der Waals surface area contributed by atoms with E-state index in [1.54, 1.807) is 60.7 Å². The quantitative estimate of drug-likeness (QED) is 0.100. The smallest absolute Gasteiger partial charge is 0.339 e. The van der Waals surface area contributed by atoms with Crippen LogP contribution in [0.3, 0.4) is 0 Å². The van der Waals surface area contributed by atoms with Gasteiger partial charge in [0.15, 0.2) is 0 Å². The Morgan fingerprint density at radius 3 is 2.05 bits per heavy atom. The van der Waals surface area contributed by atoms with Gasteiger partial charge in [-0.05, 0) is 66.2 Å². The minimum absolute atomic E-state index is 0.0461. The predicted molar refractivity (Wildman–Crippen MR) is 158 cm³/mol. The molecule has 3 amide bonds. The Hall–Kier alpha value is -5.35. The molecule has 0 aromatic heterocycles. The number of rotatable bonds is 10. The zero-order valence-corrected chi connectivity index (χ0v) is 22.4. The Balaban J connectivity index is 1.37. The summed E-state index contributed by atoms with van der Waals surface area (Å²) in [7, 11) is 0. The second-order valence-corrected chi connectivity index (χ2v) is 9.69. The maximum atomic E-state index is 13.1. The molecule has 0 aliphatic rings. The van der Waals surface area contributed by atoms with Gasteiger partial charge in [0.05, 0.1) is 5.75 Å². The van der Waals surface area contributed by atoms with Crippen molar-refractivity contribution in [3.63, 3.8) is 0 Å². The average molecular weight is 568 g/mol. The third-order valence-electron chi connectivity index (χ3n) is 5.63. The summed E-state index contributed by atoms with van der Waals surface area (Å²) in [6.07, 6.45) is 1.59. The fraction of sp³-hybridized carbons (Fsp3) is 0.0323. The van der Waals surface area contributed by atoms with Crippen LogP contribution in [-0.2, 0) is 9.59 Å². The number of anilines is 2. The Kier molecular flexibility index (Phi) is 9.53. The van der Waals surface area contributed by atoms with Crippen LogP contribution in [0.5, 0.6) is 5.75 Å². The molecule has 0 heterocycles. The predicted octanol–water partition coefficient (Wildman–Crippen LogP) is 5.23. The van der Waals surface area contributed by atoms with E-state index >= 15 is 0 Å². The normalized spacial score (nSPS) is 10.9. The molecular formula is C31H25N3O6S. The molecule has 9 nitrogen and oxygen atoms in total. The standard InChI is InChI=1S/C31H25N3O6S/c35-27-16-13-23(18-25(27)31(39)40)32-28(36)19-41-24-14-11-22(12-15-24)33-30(38)26(17-20-7-3-1-4-8-20)34-29(37)21-9-5-2-6-10-21/h1-18,35H,19H2,(H,32,36)(H,33,38)(H,34,37)(H,39,40)/b26-17-. The topological polar surface area (TPSA) is 145 Å². The van der Waals surface area contributed by atoms with Gasteiger partial charge in [-0.1, -0.05) is 48.5 Å². The lowest BCUT2D eigenvalue weighted by Gasteiger charge is -2.12. The fourth-order valence-electron chi connectivity index (χ4n) is 3.62. The first kappa shape index (κ1) is 28.7. The van der Waals surface area contributed by atoms with Crippen LogP contribution in [0.4, 0.5) is 11.4 Å². The van der Waals surface area contributed by atoms with Crippen LogP contribution in [0.25, 0.3) is 6.08 Å². The third kappa shape index (κ3) is 8.32. The molecule has 10 heteroatoms. The van der Waals surface area contributed by atoms with Gasteiger partial charge in [0.2, 0.25) is 5.91 Å². The van der Waals surface area contributed by atoms with Gasteiger partial charge in [-0.3, -0.25) is 14.4 Å². The van der Waals surface area contributed by atoms with E-state index in [4.69, 9.17) is 5.11 Å². The molecule has 0 bridgehead atoms. The molecule has 4 rings (SSSR count). The van der Waals surface area contributed by atoms with E-state index in [1.165, 1.54) is 30.0 Å². The van der Waals surface area contributed by atoms with Gasteiger partial charge in [0, 0.05) is 21.8 Å². The molecule has 0 spiro atoms. The lowest BCUT2D eigenvalue weighted by Crippen LogP contribution is -2.30. The van der Waals surface area contributed by atoms with E-state index in [9.17, 15) is 24.3 Å². The SMILES string of the molecule is O=C(CSc1ccc(NC(=O)/C(=C/c2ccccc2)NC(=O)c2ccccc2)cc1)Nc1ccc(O)c(C(=O)O)c1. The van der Waals surface area contributed by atoms with Crippen molar-refractivity contribution in [2.75, 3.05) is 16.4 Å². The minimum atomic E-state index is -1.30. The summed E-state index contributed by atoms with van der Waals surface area (Å²) < 4.78 is 0. The van der Waals surface area contributed by atoms with Gasteiger partial charge < -0.3 is 26.2 Å². The number of hydrogen-bond donors (Lipinski definition) is 5. The first-order valence-electron chi connectivity index (χ1n) is 12.3. The summed E-state index contributed by atoms with van der Waals surface area (Å²) in [6.45, 7) is 0. The molecule has 0 saturated carbocycles. The Morgan fingerprint density at radius 1 is 0.756 bits per heavy atom. The van der Waals surface area contributed by atoms with Crippen molar-refractivity contribution in [1.29, 1.82) is 0 Å². The summed E-state index contributed by atoms with van der Waals surface area (Å²) in [4.78, 5) is 50.1. The van der Waals surface area contributed by atoms with E-state index in [0.29, 0.717) is 11.3 Å². The molecule has 0 atom stereocenters. The molecule has 4 aromatic rings. The van der Waals surface area contributed by atoms with Gasteiger partial charge in [-0.25, -0.2) is 4.79 Å². The van der Waals surface area contributed by atoms with Crippen molar-refractivity contribution in [1.82, 2.24) is 5.32 Å². The molecule has 0 saturated heterocycles. The highest BCUT2D eigenvalue weighted by Crippen LogP contribution is 2.23. The van der Waals surface area contributed by atoms with Crippen molar-refractivity contribution in [2.24, 2.45) is 0 Å².